The second-order valence-corrected chi connectivity index (χ2v) is 4.39. The van der Waals surface area contributed by atoms with E-state index in [0.717, 1.165) is 5.56 Å². The van der Waals surface area contributed by atoms with E-state index in [-0.39, 0.29) is 0 Å². The molecule has 0 spiro atoms. The molecule has 2 aromatic rings. The number of hydrogen-bond acceptors (Lipinski definition) is 3. The van der Waals surface area contributed by atoms with E-state index < -0.39 is 0 Å². The van der Waals surface area contributed by atoms with Crippen LogP contribution in [0.3, 0.4) is 0 Å². The molecule has 1 atom stereocenters. The number of benzene rings is 1. The quantitative estimate of drug-likeness (QED) is 0.899. The molecule has 0 bridgehead atoms. The number of hydrogen-bond donors (Lipinski definition) is 1. The number of aromatic nitrogens is 4. The van der Waals surface area contributed by atoms with E-state index in [9.17, 15) is 0 Å². The standard InChI is InChI=1S/C12H16N4.C2H6/c1-8(2)9(3)10-4-6-11(7-5-10)12-13-15-16-14-12;1-2/h4-9H,1-3H3,(H,13,14,15,16);1-2H3. The summed E-state index contributed by atoms with van der Waals surface area (Å²) in [6, 6.07) is 8.35. The highest BCUT2D eigenvalue weighted by atomic mass is 15.5. The Hall–Kier alpha value is -1.71. The summed E-state index contributed by atoms with van der Waals surface area (Å²) in [5.74, 6) is 1.86. The Bertz CT molecular complexity index is 431. The van der Waals surface area contributed by atoms with Gasteiger partial charge in [-0.2, -0.15) is 5.21 Å². The predicted octanol–water partition coefficient (Wildman–Crippen LogP) is 3.65. The molecule has 0 saturated carbocycles. The minimum absolute atomic E-state index is 0.569. The molecule has 4 heteroatoms. The largest absolute Gasteiger partial charge is 0.204 e. The van der Waals surface area contributed by atoms with Crippen LogP contribution in [0.2, 0.25) is 0 Å². The predicted molar refractivity (Wildman–Crippen MR) is 74.2 cm³/mol. The number of rotatable bonds is 3. The average Bonchev–Trinajstić information content (AvgIpc) is 2.94. The minimum atomic E-state index is 0.569. The van der Waals surface area contributed by atoms with Crippen molar-refractivity contribution in [1.29, 1.82) is 0 Å². The van der Waals surface area contributed by atoms with Crippen LogP contribution >= 0.6 is 0 Å². The summed E-state index contributed by atoms with van der Waals surface area (Å²) in [5, 5.41) is 13.9. The van der Waals surface area contributed by atoms with Gasteiger partial charge in [0.1, 0.15) is 0 Å². The van der Waals surface area contributed by atoms with Gasteiger partial charge in [0, 0.05) is 5.56 Å². The lowest BCUT2D eigenvalue weighted by atomic mass is 9.90. The third-order valence-corrected chi connectivity index (χ3v) is 3.04. The van der Waals surface area contributed by atoms with Crippen molar-refractivity contribution in [1.82, 2.24) is 20.6 Å². The Labute approximate surface area is 109 Å². The normalized spacial score (nSPS) is 11.9. The van der Waals surface area contributed by atoms with E-state index in [2.05, 4.69) is 53.5 Å². The lowest BCUT2D eigenvalue weighted by molar-refractivity contribution is 0.535. The summed E-state index contributed by atoms with van der Waals surface area (Å²) in [4.78, 5) is 0. The Kier molecular flexibility index (Phi) is 5.49. The van der Waals surface area contributed by atoms with Crippen molar-refractivity contribution in [2.75, 3.05) is 0 Å². The maximum atomic E-state index is 3.95. The smallest absolute Gasteiger partial charge is 0.177 e. The maximum absolute atomic E-state index is 3.95. The van der Waals surface area contributed by atoms with Crippen molar-refractivity contribution >= 4 is 0 Å². The number of tetrazole rings is 1. The molecule has 1 aromatic heterocycles. The average molecular weight is 246 g/mol. The van der Waals surface area contributed by atoms with Crippen LogP contribution in [0.5, 0.6) is 0 Å². The van der Waals surface area contributed by atoms with Crippen molar-refractivity contribution in [3.05, 3.63) is 29.8 Å². The molecule has 0 amide bonds. The molecule has 4 nitrogen and oxygen atoms in total. The van der Waals surface area contributed by atoms with E-state index >= 15 is 0 Å². The van der Waals surface area contributed by atoms with Gasteiger partial charge in [-0.3, -0.25) is 0 Å². The van der Waals surface area contributed by atoms with Gasteiger partial charge in [-0.1, -0.05) is 58.9 Å². The van der Waals surface area contributed by atoms with Gasteiger partial charge in [0.2, 0.25) is 5.82 Å². The Morgan fingerprint density at radius 2 is 1.61 bits per heavy atom. The summed E-state index contributed by atoms with van der Waals surface area (Å²) < 4.78 is 0. The molecular weight excluding hydrogens is 224 g/mol. The molecule has 0 radical (unpaired) electrons. The Morgan fingerprint density at radius 3 is 2.06 bits per heavy atom. The maximum Gasteiger partial charge on any atom is 0.204 e. The van der Waals surface area contributed by atoms with Crippen LogP contribution in [0, 0.1) is 5.92 Å². The summed E-state index contributed by atoms with van der Waals surface area (Å²) >= 11 is 0. The zero-order valence-electron chi connectivity index (χ0n) is 11.8. The molecule has 18 heavy (non-hydrogen) atoms. The third-order valence-electron chi connectivity index (χ3n) is 3.04. The van der Waals surface area contributed by atoms with Crippen LogP contribution in [-0.4, -0.2) is 20.6 Å². The fraction of sp³-hybridized carbons (Fsp3) is 0.500. The first-order valence-electron chi connectivity index (χ1n) is 6.52. The van der Waals surface area contributed by atoms with Crippen LogP contribution in [0.4, 0.5) is 0 Å². The monoisotopic (exact) mass is 246 g/mol. The van der Waals surface area contributed by atoms with Crippen LogP contribution in [0.15, 0.2) is 24.3 Å². The third kappa shape index (κ3) is 3.39. The minimum Gasteiger partial charge on any atom is -0.177 e. The van der Waals surface area contributed by atoms with Crippen molar-refractivity contribution < 1.29 is 0 Å². The van der Waals surface area contributed by atoms with Crippen LogP contribution in [0.25, 0.3) is 11.4 Å². The molecule has 1 unspecified atom stereocenters. The van der Waals surface area contributed by atoms with E-state index in [4.69, 9.17) is 0 Å². The van der Waals surface area contributed by atoms with Crippen LogP contribution < -0.4 is 0 Å². The van der Waals surface area contributed by atoms with Gasteiger partial charge in [0.15, 0.2) is 0 Å². The highest BCUT2D eigenvalue weighted by Gasteiger charge is 2.10. The summed E-state index contributed by atoms with van der Waals surface area (Å²) in [6.07, 6.45) is 0. The molecule has 1 heterocycles. The van der Waals surface area contributed by atoms with E-state index in [1.54, 1.807) is 0 Å². The van der Waals surface area contributed by atoms with E-state index in [1.165, 1.54) is 5.56 Å². The Balaban J connectivity index is 0.000000771. The van der Waals surface area contributed by atoms with Crippen molar-refractivity contribution in [3.63, 3.8) is 0 Å². The van der Waals surface area contributed by atoms with Crippen LogP contribution in [0.1, 0.15) is 46.1 Å². The van der Waals surface area contributed by atoms with E-state index in [1.807, 2.05) is 26.0 Å². The van der Waals surface area contributed by atoms with Gasteiger partial charge in [0.25, 0.3) is 0 Å². The second kappa shape index (κ2) is 6.89. The summed E-state index contributed by atoms with van der Waals surface area (Å²) in [6.45, 7) is 10.7. The second-order valence-electron chi connectivity index (χ2n) is 4.39. The van der Waals surface area contributed by atoms with Gasteiger partial charge >= 0.3 is 0 Å². The highest BCUT2D eigenvalue weighted by molar-refractivity contribution is 5.54. The number of nitrogens with one attached hydrogen (secondary N) is 1. The number of H-pyrrole nitrogens is 1. The number of aromatic amines is 1. The zero-order valence-corrected chi connectivity index (χ0v) is 11.8. The molecule has 1 aromatic carbocycles. The molecular formula is C14H22N4. The highest BCUT2D eigenvalue weighted by Crippen LogP contribution is 2.25. The first-order chi connectivity index (χ1) is 8.68. The molecule has 98 valence electrons. The molecule has 0 aliphatic rings. The first kappa shape index (κ1) is 14.4. The SMILES string of the molecule is CC.CC(C)C(C)c1ccc(-c2nn[nH]n2)cc1. The van der Waals surface area contributed by atoms with Gasteiger partial charge < -0.3 is 0 Å². The van der Waals surface area contributed by atoms with Gasteiger partial charge in [-0.15, -0.1) is 10.2 Å². The first-order valence-corrected chi connectivity index (χ1v) is 6.52. The van der Waals surface area contributed by atoms with E-state index in [0.29, 0.717) is 17.7 Å². The van der Waals surface area contributed by atoms with Crippen LogP contribution in [-0.2, 0) is 0 Å². The van der Waals surface area contributed by atoms with Gasteiger partial charge in [-0.05, 0) is 22.6 Å². The summed E-state index contributed by atoms with van der Waals surface area (Å²) in [7, 11) is 0. The topological polar surface area (TPSA) is 54.5 Å². The van der Waals surface area contributed by atoms with Crippen molar-refractivity contribution in [3.8, 4) is 11.4 Å². The molecule has 0 saturated heterocycles. The van der Waals surface area contributed by atoms with Crippen molar-refractivity contribution in [2.24, 2.45) is 5.92 Å². The van der Waals surface area contributed by atoms with Crippen molar-refractivity contribution in [2.45, 2.75) is 40.5 Å². The molecule has 2 rings (SSSR count). The zero-order chi connectivity index (χ0) is 13.5. The molecule has 0 fully saturated rings. The molecule has 1 N–H and O–H groups in total. The van der Waals surface area contributed by atoms with Gasteiger partial charge in [0.05, 0.1) is 0 Å². The Morgan fingerprint density at radius 1 is 1.00 bits per heavy atom. The fourth-order valence-corrected chi connectivity index (χ4v) is 1.60. The number of nitrogens with zero attached hydrogens (tertiary/aromatic N) is 3. The van der Waals surface area contributed by atoms with Gasteiger partial charge in [-0.25, -0.2) is 0 Å². The summed E-state index contributed by atoms with van der Waals surface area (Å²) in [5.41, 5.74) is 2.34. The lowest BCUT2D eigenvalue weighted by Gasteiger charge is -2.15. The molecule has 0 aliphatic carbocycles. The molecule has 0 aliphatic heterocycles. The lowest BCUT2D eigenvalue weighted by Crippen LogP contribution is -2.01. The fourth-order valence-electron chi connectivity index (χ4n) is 1.60.